The van der Waals surface area contributed by atoms with Gasteiger partial charge in [-0.05, 0) is 50.5 Å². The minimum atomic E-state index is -0.316. The molecule has 0 aliphatic rings. The molecule has 2 aromatic heterocycles. The van der Waals surface area contributed by atoms with Crippen LogP contribution >= 0.6 is 11.3 Å². The maximum Gasteiger partial charge on any atom is 0.262 e. The van der Waals surface area contributed by atoms with Crippen LogP contribution < -0.4 is 20.3 Å². The number of rotatable bonds is 10. The highest BCUT2D eigenvalue weighted by Gasteiger charge is 2.20. The number of methoxy groups -OCH3 is 2. The molecule has 0 saturated carbocycles. The molecule has 2 heterocycles. The lowest BCUT2D eigenvalue weighted by molar-refractivity contribution is -0.131. The zero-order chi connectivity index (χ0) is 24.8. The molecule has 2 amide bonds. The van der Waals surface area contributed by atoms with Gasteiger partial charge in [-0.1, -0.05) is 6.07 Å². The van der Waals surface area contributed by atoms with Gasteiger partial charge in [0.15, 0.2) is 11.5 Å². The highest BCUT2D eigenvalue weighted by atomic mass is 32.1. The van der Waals surface area contributed by atoms with Crippen molar-refractivity contribution in [1.29, 1.82) is 0 Å². The van der Waals surface area contributed by atoms with Gasteiger partial charge in [0.1, 0.15) is 11.4 Å². The monoisotopic (exact) mass is 486 g/mol. The van der Waals surface area contributed by atoms with Crippen molar-refractivity contribution < 1.29 is 19.1 Å². The maximum absolute atomic E-state index is 13.0. The first-order valence-electron chi connectivity index (χ1n) is 11.1. The van der Waals surface area contributed by atoms with E-state index >= 15 is 0 Å². The lowest BCUT2D eigenvalue weighted by atomic mass is 10.1. The Labute approximate surface area is 202 Å². The average Bonchev–Trinajstić information content (AvgIpc) is 3.18. The van der Waals surface area contributed by atoms with E-state index in [9.17, 15) is 14.4 Å². The molecule has 0 unspecified atom stereocenters. The van der Waals surface area contributed by atoms with Gasteiger partial charge in [0, 0.05) is 19.6 Å². The molecule has 1 aromatic carbocycles. The molecule has 3 rings (SSSR count). The van der Waals surface area contributed by atoms with Crippen LogP contribution in [0.2, 0.25) is 0 Å². The first kappa shape index (κ1) is 25.2. The van der Waals surface area contributed by atoms with E-state index in [4.69, 9.17) is 9.47 Å². The number of ether oxygens (including phenoxy) is 2. The Morgan fingerprint density at radius 2 is 1.85 bits per heavy atom. The number of benzene rings is 1. The zero-order valence-corrected chi connectivity index (χ0v) is 21.0. The second-order valence-electron chi connectivity index (χ2n) is 7.68. The Kier molecular flexibility index (Phi) is 8.27. The third-order valence-electron chi connectivity index (χ3n) is 5.69. The highest BCUT2D eigenvalue weighted by molar-refractivity contribution is 7.20. The number of hydrogen-bond donors (Lipinski definition) is 1. The number of nitrogens with one attached hydrogen (secondary N) is 1. The lowest BCUT2D eigenvalue weighted by Gasteiger charge is -2.18. The Bertz CT molecular complexity index is 1250. The molecular weight excluding hydrogens is 456 g/mol. The summed E-state index contributed by atoms with van der Waals surface area (Å²) < 4.78 is 11.9. The Hall–Kier alpha value is -3.40. The molecule has 0 atom stereocenters. The van der Waals surface area contributed by atoms with Crippen molar-refractivity contribution in [2.45, 2.75) is 33.7 Å². The first-order valence-corrected chi connectivity index (χ1v) is 11.9. The summed E-state index contributed by atoms with van der Waals surface area (Å²) in [5.41, 5.74) is 1.25. The number of fused-ring (bicyclic) bond motifs is 1. The van der Waals surface area contributed by atoms with Crippen molar-refractivity contribution in [3.05, 3.63) is 50.9 Å². The number of aromatic nitrogens is 2. The summed E-state index contributed by atoms with van der Waals surface area (Å²) in [5.74, 6) is 0.877. The number of thiophene rings is 1. The van der Waals surface area contributed by atoms with Crippen LogP contribution in [0, 0.1) is 6.92 Å². The zero-order valence-electron chi connectivity index (χ0n) is 20.1. The Morgan fingerprint density at radius 1 is 1.15 bits per heavy atom. The number of carbonyl (C=O) groups excluding carboxylic acids is 2. The third kappa shape index (κ3) is 5.22. The summed E-state index contributed by atoms with van der Waals surface area (Å²) in [6.07, 6.45) is 1.98. The van der Waals surface area contributed by atoms with Gasteiger partial charge in [0.2, 0.25) is 5.91 Å². The lowest BCUT2D eigenvalue weighted by Crippen LogP contribution is -2.36. The molecule has 34 heavy (non-hydrogen) atoms. The minimum Gasteiger partial charge on any atom is -0.493 e. The van der Waals surface area contributed by atoms with Gasteiger partial charge in [0.05, 0.1) is 30.8 Å². The molecule has 0 saturated heterocycles. The number of aryl methyl sites for hydroxylation is 1. The van der Waals surface area contributed by atoms with Crippen molar-refractivity contribution in [2.75, 3.05) is 33.9 Å². The fourth-order valence-corrected chi connectivity index (χ4v) is 4.80. The molecule has 0 aliphatic heterocycles. The molecule has 0 fully saturated rings. The van der Waals surface area contributed by atoms with E-state index in [2.05, 4.69) is 10.3 Å². The van der Waals surface area contributed by atoms with E-state index in [1.165, 1.54) is 22.2 Å². The van der Waals surface area contributed by atoms with Gasteiger partial charge >= 0.3 is 0 Å². The second kappa shape index (κ2) is 11.1. The molecule has 10 heteroatoms. The van der Waals surface area contributed by atoms with Gasteiger partial charge in [-0.3, -0.25) is 19.0 Å². The van der Waals surface area contributed by atoms with Gasteiger partial charge in [0.25, 0.3) is 11.5 Å². The van der Waals surface area contributed by atoms with Crippen LogP contribution in [0.25, 0.3) is 10.2 Å². The van der Waals surface area contributed by atoms with E-state index < -0.39 is 0 Å². The van der Waals surface area contributed by atoms with Crippen molar-refractivity contribution in [1.82, 2.24) is 19.8 Å². The Balaban J connectivity index is 1.74. The fourth-order valence-electron chi connectivity index (χ4n) is 3.75. The molecule has 182 valence electrons. The summed E-state index contributed by atoms with van der Waals surface area (Å²) in [6.45, 7) is 7.01. The van der Waals surface area contributed by atoms with Gasteiger partial charge in [-0.25, -0.2) is 4.98 Å². The SMILES string of the molecule is CCN(CC)C(=O)Cn1cnc2sc(C(=O)NCCc3ccc(OC)c(OC)c3)c(C)c2c1=O. The number of amides is 2. The van der Waals surface area contributed by atoms with Crippen molar-refractivity contribution in [3.8, 4) is 11.5 Å². The number of likely N-dealkylation sites (N-methyl/N-ethyl adjacent to an activating group) is 1. The average molecular weight is 487 g/mol. The fraction of sp³-hybridized carbons (Fsp3) is 0.417. The van der Waals surface area contributed by atoms with Gasteiger partial charge < -0.3 is 19.7 Å². The van der Waals surface area contributed by atoms with Crippen LogP contribution in [0.15, 0.2) is 29.3 Å². The van der Waals surface area contributed by atoms with E-state index in [1.54, 1.807) is 26.0 Å². The predicted octanol–water partition coefficient (Wildman–Crippen LogP) is 2.62. The summed E-state index contributed by atoms with van der Waals surface area (Å²) in [7, 11) is 3.16. The van der Waals surface area contributed by atoms with Crippen LogP contribution in [0.5, 0.6) is 11.5 Å². The maximum atomic E-state index is 13.0. The largest absolute Gasteiger partial charge is 0.493 e. The molecular formula is C24H30N4O5S. The highest BCUT2D eigenvalue weighted by Crippen LogP contribution is 2.28. The van der Waals surface area contributed by atoms with E-state index in [1.807, 2.05) is 32.0 Å². The normalized spacial score (nSPS) is 10.9. The Morgan fingerprint density at radius 3 is 2.50 bits per heavy atom. The summed E-state index contributed by atoms with van der Waals surface area (Å²) in [5, 5.41) is 3.29. The van der Waals surface area contributed by atoms with E-state index in [0.29, 0.717) is 58.2 Å². The summed E-state index contributed by atoms with van der Waals surface area (Å²) in [6, 6.07) is 5.62. The third-order valence-corrected chi connectivity index (χ3v) is 6.89. The van der Waals surface area contributed by atoms with E-state index in [0.717, 1.165) is 5.56 Å². The predicted molar refractivity (Wildman–Crippen MR) is 132 cm³/mol. The summed E-state index contributed by atoms with van der Waals surface area (Å²) in [4.78, 5) is 45.2. The molecule has 1 N–H and O–H groups in total. The van der Waals surface area contributed by atoms with Crippen LogP contribution in [-0.4, -0.2) is 60.1 Å². The number of nitrogens with zero attached hydrogens (tertiary/aromatic N) is 3. The van der Waals surface area contributed by atoms with Crippen molar-refractivity contribution in [3.63, 3.8) is 0 Å². The van der Waals surface area contributed by atoms with Gasteiger partial charge in [-0.15, -0.1) is 11.3 Å². The smallest absolute Gasteiger partial charge is 0.262 e. The molecule has 3 aromatic rings. The van der Waals surface area contributed by atoms with Crippen molar-refractivity contribution >= 4 is 33.4 Å². The standard InChI is InChI=1S/C24H30N4O5S/c1-6-27(7-2)19(29)13-28-14-26-23-20(24(28)31)15(3)21(34-23)22(30)25-11-10-16-8-9-17(32-4)18(12-16)33-5/h8-9,12,14H,6-7,10-11,13H2,1-5H3,(H,25,30). The quantitative estimate of drug-likeness (QED) is 0.473. The number of hydrogen-bond acceptors (Lipinski definition) is 7. The van der Waals surface area contributed by atoms with Gasteiger partial charge in [-0.2, -0.15) is 0 Å². The van der Waals surface area contributed by atoms with Crippen LogP contribution in [0.1, 0.15) is 34.6 Å². The van der Waals surface area contributed by atoms with Crippen LogP contribution in [0.4, 0.5) is 0 Å². The molecule has 0 aliphatic carbocycles. The molecule has 0 spiro atoms. The van der Waals surface area contributed by atoms with Crippen LogP contribution in [-0.2, 0) is 17.8 Å². The minimum absolute atomic E-state index is 0.0778. The second-order valence-corrected chi connectivity index (χ2v) is 8.67. The van der Waals surface area contributed by atoms with Crippen LogP contribution in [0.3, 0.4) is 0 Å². The summed E-state index contributed by atoms with van der Waals surface area (Å²) >= 11 is 1.18. The number of carbonyl (C=O) groups is 2. The molecule has 0 bridgehead atoms. The molecule has 0 radical (unpaired) electrons. The van der Waals surface area contributed by atoms with Crippen molar-refractivity contribution in [2.24, 2.45) is 0 Å². The topological polar surface area (TPSA) is 103 Å². The molecule has 9 nitrogen and oxygen atoms in total. The first-order chi connectivity index (χ1) is 16.3. The van der Waals surface area contributed by atoms with E-state index in [-0.39, 0.29) is 23.9 Å².